The number of nitrogens with zero attached hydrogens (tertiary/aromatic N) is 3. The van der Waals surface area contributed by atoms with Crippen molar-refractivity contribution in [2.45, 2.75) is 25.4 Å². The van der Waals surface area contributed by atoms with Crippen molar-refractivity contribution in [3.8, 4) is 0 Å². The van der Waals surface area contributed by atoms with E-state index in [2.05, 4.69) is 39.4 Å². The molecule has 0 saturated carbocycles. The Morgan fingerprint density at radius 3 is 2.32 bits per heavy atom. The van der Waals surface area contributed by atoms with Gasteiger partial charge in [0.25, 0.3) is 0 Å². The number of primary amides is 1. The van der Waals surface area contributed by atoms with Gasteiger partial charge in [-0.25, -0.2) is 0 Å². The van der Waals surface area contributed by atoms with Crippen molar-refractivity contribution in [2.24, 2.45) is 5.73 Å². The summed E-state index contributed by atoms with van der Waals surface area (Å²) in [6.07, 6.45) is 2.47. The van der Waals surface area contributed by atoms with Crippen LogP contribution in [0.5, 0.6) is 0 Å². The monoisotopic (exact) mass is 421 g/mol. The number of amides is 2. The van der Waals surface area contributed by atoms with Crippen molar-refractivity contribution < 1.29 is 9.59 Å². The molecule has 7 nitrogen and oxygen atoms in total. The fourth-order valence-corrected chi connectivity index (χ4v) is 4.44. The Morgan fingerprint density at radius 2 is 1.65 bits per heavy atom. The van der Waals surface area contributed by atoms with E-state index in [4.69, 9.17) is 5.73 Å². The number of carbonyl (C=O) groups excluding carboxylic acids is 2. The Hall–Kier alpha value is -2.90. The van der Waals surface area contributed by atoms with E-state index in [1.54, 1.807) is 0 Å². The van der Waals surface area contributed by atoms with Crippen molar-refractivity contribution in [3.05, 3.63) is 60.2 Å². The van der Waals surface area contributed by atoms with Gasteiger partial charge in [0.1, 0.15) is 6.04 Å². The van der Waals surface area contributed by atoms with E-state index < -0.39 is 6.04 Å². The minimum atomic E-state index is -0.472. The van der Waals surface area contributed by atoms with Crippen LogP contribution in [0.1, 0.15) is 18.4 Å². The van der Waals surface area contributed by atoms with Crippen LogP contribution in [0.4, 0.5) is 11.4 Å². The van der Waals surface area contributed by atoms with E-state index in [1.807, 2.05) is 35.2 Å². The lowest BCUT2D eigenvalue weighted by atomic mass is 10.1. The molecule has 2 aromatic rings. The van der Waals surface area contributed by atoms with Gasteiger partial charge in [-0.15, -0.1) is 0 Å². The highest BCUT2D eigenvalue weighted by Gasteiger charge is 2.32. The quantitative estimate of drug-likeness (QED) is 0.714. The summed E-state index contributed by atoms with van der Waals surface area (Å²) in [5, 5.41) is 2.95. The fraction of sp³-hybridized carbons (Fsp3) is 0.417. The first-order chi connectivity index (χ1) is 15.1. The van der Waals surface area contributed by atoms with Gasteiger partial charge in [-0.05, 0) is 42.7 Å². The zero-order chi connectivity index (χ0) is 21.6. The molecule has 2 aromatic carbocycles. The van der Waals surface area contributed by atoms with Crippen LogP contribution in [0.15, 0.2) is 54.6 Å². The number of benzene rings is 2. The molecular weight excluding hydrogens is 390 g/mol. The van der Waals surface area contributed by atoms with Crippen LogP contribution in [-0.4, -0.2) is 66.9 Å². The lowest BCUT2D eigenvalue weighted by Gasteiger charge is -2.39. The molecule has 2 saturated heterocycles. The van der Waals surface area contributed by atoms with Gasteiger partial charge in [0.2, 0.25) is 11.8 Å². The van der Waals surface area contributed by atoms with Crippen LogP contribution in [0, 0.1) is 0 Å². The lowest BCUT2D eigenvalue weighted by molar-refractivity contribution is -0.127. The van der Waals surface area contributed by atoms with Crippen LogP contribution < -0.4 is 16.0 Å². The van der Waals surface area contributed by atoms with Crippen LogP contribution >= 0.6 is 0 Å². The summed E-state index contributed by atoms with van der Waals surface area (Å²) in [6, 6.07) is 17.7. The number of anilines is 2. The van der Waals surface area contributed by atoms with Crippen molar-refractivity contribution >= 4 is 23.2 Å². The molecule has 2 aliphatic rings. The Labute approximate surface area is 183 Å². The minimum absolute atomic E-state index is 0.128. The molecule has 3 N–H and O–H groups in total. The number of rotatable bonds is 7. The van der Waals surface area contributed by atoms with Crippen LogP contribution in [0.25, 0.3) is 0 Å². The van der Waals surface area contributed by atoms with Crippen molar-refractivity contribution in [1.82, 2.24) is 9.80 Å². The maximum Gasteiger partial charge on any atom is 0.238 e. The predicted molar refractivity (Wildman–Crippen MR) is 123 cm³/mol. The number of carbonyl (C=O) groups is 2. The fourth-order valence-electron chi connectivity index (χ4n) is 4.44. The second-order valence-corrected chi connectivity index (χ2v) is 8.40. The molecule has 0 bridgehead atoms. The second kappa shape index (κ2) is 9.94. The minimum Gasteiger partial charge on any atom is -0.372 e. The van der Waals surface area contributed by atoms with Gasteiger partial charge < -0.3 is 16.0 Å². The molecule has 0 spiro atoms. The third-order valence-corrected chi connectivity index (χ3v) is 6.12. The topological polar surface area (TPSA) is 81.9 Å². The maximum atomic E-state index is 12.6. The van der Waals surface area contributed by atoms with E-state index in [0.717, 1.165) is 31.9 Å². The zero-order valence-corrected chi connectivity index (χ0v) is 17.9. The molecule has 0 unspecified atom stereocenters. The third kappa shape index (κ3) is 5.62. The molecule has 2 amide bonds. The van der Waals surface area contributed by atoms with Crippen molar-refractivity contribution in [1.29, 1.82) is 0 Å². The summed E-state index contributed by atoms with van der Waals surface area (Å²) in [5.74, 6) is -0.516. The summed E-state index contributed by atoms with van der Waals surface area (Å²) < 4.78 is 0. The van der Waals surface area contributed by atoms with E-state index >= 15 is 0 Å². The molecule has 4 rings (SSSR count). The molecule has 1 atom stereocenters. The second-order valence-electron chi connectivity index (χ2n) is 8.40. The first-order valence-electron chi connectivity index (χ1n) is 11.0. The van der Waals surface area contributed by atoms with E-state index in [1.165, 1.54) is 24.1 Å². The molecule has 2 heterocycles. The smallest absolute Gasteiger partial charge is 0.238 e. The average Bonchev–Trinajstić information content (AvgIpc) is 3.31. The molecule has 31 heavy (non-hydrogen) atoms. The highest BCUT2D eigenvalue weighted by molar-refractivity contribution is 5.93. The Morgan fingerprint density at radius 1 is 0.935 bits per heavy atom. The van der Waals surface area contributed by atoms with E-state index in [-0.39, 0.29) is 18.4 Å². The zero-order valence-electron chi connectivity index (χ0n) is 17.9. The van der Waals surface area contributed by atoms with Gasteiger partial charge in [0, 0.05) is 50.6 Å². The summed E-state index contributed by atoms with van der Waals surface area (Å²) in [6.45, 7) is 5.06. The predicted octanol–water partition coefficient (Wildman–Crippen LogP) is 1.90. The molecule has 0 aromatic heterocycles. The Bertz CT molecular complexity index is 881. The van der Waals surface area contributed by atoms with Gasteiger partial charge >= 0.3 is 0 Å². The van der Waals surface area contributed by atoms with Crippen LogP contribution in [-0.2, 0) is 16.1 Å². The van der Waals surface area contributed by atoms with Gasteiger partial charge in [-0.2, -0.15) is 0 Å². The van der Waals surface area contributed by atoms with Crippen molar-refractivity contribution in [2.75, 3.05) is 49.5 Å². The average molecular weight is 422 g/mol. The first kappa shape index (κ1) is 21.3. The van der Waals surface area contributed by atoms with E-state index in [0.29, 0.717) is 13.1 Å². The Balaban J connectivity index is 1.31. The van der Waals surface area contributed by atoms with Gasteiger partial charge in [-0.3, -0.25) is 19.4 Å². The molecule has 0 aliphatic carbocycles. The molecule has 0 radical (unpaired) electrons. The molecular formula is C24H31N5O2. The normalized spacial score (nSPS) is 20.0. The number of nitrogens with two attached hydrogens (primary N) is 1. The number of hydrogen-bond donors (Lipinski definition) is 2. The lowest BCUT2D eigenvalue weighted by Crippen LogP contribution is -2.59. The van der Waals surface area contributed by atoms with Gasteiger partial charge in [0.15, 0.2) is 0 Å². The number of nitrogens with one attached hydrogen (secondary N) is 1. The van der Waals surface area contributed by atoms with Crippen LogP contribution in [0.3, 0.4) is 0 Å². The summed E-state index contributed by atoms with van der Waals surface area (Å²) in [5.41, 5.74) is 8.84. The highest BCUT2D eigenvalue weighted by atomic mass is 16.2. The molecule has 7 heteroatoms. The van der Waals surface area contributed by atoms with Crippen molar-refractivity contribution in [3.63, 3.8) is 0 Å². The highest BCUT2D eigenvalue weighted by Crippen LogP contribution is 2.22. The SMILES string of the molecule is NC(=O)[C@H]1CN(Cc2ccccc2)CCN1CC(=O)Nc1ccc(N2CCCC2)cc1. The summed E-state index contributed by atoms with van der Waals surface area (Å²) in [4.78, 5) is 31.2. The number of hydrogen-bond acceptors (Lipinski definition) is 5. The summed E-state index contributed by atoms with van der Waals surface area (Å²) in [7, 11) is 0. The van der Waals surface area contributed by atoms with Crippen LogP contribution in [0.2, 0.25) is 0 Å². The first-order valence-corrected chi connectivity index (χ1v) is 11.0. The summed E-state index contributed by atoms with van der Waals surface area (Å²) >= 11 is 0. The van der Waals surface area contributed by atoms with E-state index in [9.17, 15) is 9.59 Å². The Kier molecular flexibility index (Phi) is 6.84. The molecule has 2 fully saturated rings. The standard InChI is InChI=1S/C24H31N5O2/c25-24(31)22-17-27(16-19-6-2-1-3-7-19)14-15-29(22)18-23(30)26-20-8-10-21(11-9-20)28-12-4-5-13-28/h1-3,6-11,22H,4-5,12-18H2,(H2,25,31)(H,26,30)/t22-/m1/s1. The molecule has 2 aliphatic heterocycles. The largest absolute Gasteiger partial charge is 0.372 e. The van der Waals surface area contributed by atoms with Gasteiger partial charge in [-0.1, -0.05) is 30.3 Å². The molecule has 164 valence electrons. The van der Waals surface area contributed by atoms with Gasteiger partial charge in [0.05, 0.1) is 6.54 Å². The maximum absolute atomic E-state index is 12.6. The third-order valence-electron chi connectivity index (χ3n) is 6.12. The number of piperazine rings is 1.